The average molecular weight is 374 g/mol. The summed E-state index contributed by atoms with van der Waals surface area (Å²) in [5.74, 6) is 1.31. The summed E-state index contributed by atoms with van der Waals surface area (Å²) in [6.45, 7) is 4.57. The number of hydrogen-bond donors (Lipinski definition) is 0. The lowest BCUT2D eigenvalue weighted by Crippen LogP contribution is -2.46. The van der Waals surface area contributed by atoms with Crippen LogP contribution in [0.1, 0.15) is 5.82 Å². The Hall–Kier alpha value is -3.19. The molecule has 4 aromatic rings. The molecule has 4 heterocycles. The standard InChI is InChI=1S/C21H22N6O/c1-25-10-4-7-19(25)21-23-20(24-28-21)15-26-11-13-27(14-12-26)18-8-9-22-17-6-3-2-5-16(17)18/h2-10H,11-15H2,1H3. The molecule has 0 spiro atoms. The van der Waals surface area contributed by atoms with Crippen LogP contribution >= 0.6 is 0 Å². The van der Waals surface area contributed by atoms with Gasteiger partial charge in [0.05, 0.1) is 12.1 Å². The van der Waals surface area contributed by atoms with Crippen molar-refractivity contribution in [2.45, 2.75) is 6.54 Å². The van der Waals surface area contributed by atoms with E-state index >= 15 is 0 Å². The van der Waals surface area contributed by atoms with E-state index in [-0.39, 0.29) is 0 Å². The number of aryl methyl sites for hydroxylation is 1. The number of para-hydroxylation sites is 1. The highest BCUT2D eigenvalue weighted by atomic mass is 16.5. The maximum atomic E-state index is 5.44. The van der Waals surface area contributed by atoms with Crippen molar-refractivity contribution < 1.29 is 4.52 Å². The van der Waals surface area contributed by atoms with Crippen molar-refractivity contribution >= 4 is 16.6 Å². The molecule has 1 aliphatic rings. The lowest BCUT2D eigenvalue weighted by Gasteiger charge is -2.36. The Bertz CT molecular complexity index is 1090. The van der Waals surface area contributed by atoms with Crippen molar-refractivity contribution in [3.8, 4) is 11.6 Å². The molecule has 5 rings (SSSR count). The van der Waals surface area contributed by atoms with Gasteiger partial charge in [0, 0.05) is 56.7 Å². The van der Waals surface area contributed by atoms with E-state index < -0.39 is 0 Å². The van der Waals surface area contributed by atoms with Crippen LogP contribution in [0.25, 0.3) is 22.5 Å². The maximum absolute atomic E-state index is 5.44. The predicted molar refractivity (Wildman–Crippen MR) is 108 cm³/mol. The highest BCUT2D eigenvalue weighted by Gasteiger charge is 2.21. The predicted octanol–water partition coefficient (Wildman–Crippen LogP) is 2.95. The zero-order valence-electron chi connectivity index (χ0n) is 15.8. The molecular weight excluding hydrogens is 352 g/mol. The van der Waals surface area contributed by atoms with Crippen molar-refractivity contribution in [1.29, 1.82) is 0 Å². The second kappa shape index (κ2) is 7.09. The number of rotatable bonds is 4. The van der Waals surface area contributed by atoms with Gasteiger partial charge in [-0.15, -0.1) is 0 Å². The minimum Gasteiger partial charge on any atom is -0.368 e. The fraction of sp³-hybridized carbons (Fsp3) is 0.286. The van der Waals surface area contributed by atoms with Gasteiger partial charge in [0.2, 0.25) is 0 Å². The SMILES string of the molecule is Cn1cccc1-c1nc(CN2CCN(c3ccnc4ccccc34)CC2)no1. The van der Waals surface area contributed by atoms with Gasteiger partial charge in [-0.1, -0.05) is 23.4 Å². The Morgan fingerprint density at radius 1 is 1.00 bits per heavy atom. The summed E-state index contributed by atoms with van der Waals surface area (Å²) in [7, 11) is 1.97. The molecule has 7 nitrogen and oxygen atoms in total. The molecule has 7 heteroatoms. The van der Waals surface area contributed by atoms with Crippen LogP contribution in [-0.4, -0.2) is 50.8 Å². The molecule has 28 heavy (non-hydrogen) atoms. The molecule has 142 valence electrons. The lowest BCUT2D eigenvalue weighted by atomic mass is 10.1. The van der Waals surface area contributed by atoms with Crippen LogP contribution in [0.15, 0.2) is 59.4 Å². The van der Waals surface area contributed by atoms with Gasteiger partial charge in [0.25, 0.3) is 5.89 Å². The van der Waals surface area contributed by atoms with Gasteiger partial charge in [0.1, 0.15) is 5.69 Å². The molecular formula is C21H22N6O. The van der Waals surface area contributed by atoms with Gasteiger partial charge in [-0.3, -0.25) is 9.88 Å². The van der Waals surface area contributed by atoms with E-state index in [1.54, 1.807) is 0 Å². The van der Waals surface area contributed by atoms with E-state index in [1.165, 1.54) is 11.1 Å². The third-order valence-electron chi connectivity index (χ3n) is 5.33. The van der Waals surface area contributed by atoms with Crippen LogP contribution in [0.2, 0.25) is 0 Å². The zero-order valence-corrected chi connectivity index (χ0v) is 15.8. The van der Waals surface area contributed by atoms with E-state index in [4.69, 9.17) is 4.52 Å². The topological polar surface area (TPSA) is 63.2 Å². The summed E-state index contributed by atoms with van der Waals surface area (Å²) in [4.78, 5) is 13.8. The Balaban J connectivity index is 1.25. The smallest absolute Gasteiger partial charge is 0.274 e. The molecule has 0 radical (unpaired) electrons. The summed E-state index contributed by atoms with van der Waals surface area (Å²) >= 11 is 0. The largest absolute Gasteiger partial charge is 0.368 e. The fourth-order valence-electron chi connectivity index (χ4n) is 3.81. The first-order valence-electron chi connectivity index (χ1n) is 9.53. The van der Waals surface area contributed by atoms with Crippen LogP contribution in [0.4, 0.5) is 5.69 Å². The monoisotopic (exact) mass is 374 g/mol. The Morgan fingerprint density at radius 2 is 1.86 bits per heavy atom. The van der Waals surface area contributed by atoms with E-state index in [1.807, 2.05) is 42.2 Å². The zero-order chi connectivity index (χ0) is 18.9. The number of benzene rings is 1. The summed E-state index contributed by atoms with van der Waals surface area (Å²) in [6, 6.07) is 14.4. The molecule has 1 aliphatic heterocycles. The van der Waals surface area contributed by atoms with Gasteiger partial charge in [0.15, 0.2) is 5.82 Å². The van der Waals surface area contributed by atoms with Gasteiger partial charge in [-0.2, -0.15) is 4.98 Å². The molecule has 1 aromatic carbocycles. The molecule has 0 N–H and O–H groups in total. The Morgan fingerprint density at radius 3 is 2.68 bits per heavy atom. The van der Waals surface area contributed by atoms with Crippen molar-refractivity contribution in [3.63, 3.8) is 0 Å². The number of pyridine rings is 1. The first-order chi connectivity index (χ1) is 13.8. The lowest BCUT2D eigenvalue weighted by molar-refractivity contribution is 0.240. The van der Waals surface area contributed by atoms with Crippen molar-refractivity contribution in [1.82, 2.24) is 24.6 Å². The molecule has 0 amide bonds. The number of anilines is 1. The van der Waals surface area contributed by atoms with Gasteiger partial charge < -0.3 is 14.0 Å². The third kappa shape index (κ3) is 3.14. The number of hydrogen-bond acceptors (Lipinski definition) is 6. The van der Waals surface area contributed by atoms with E-state index in [2.05, 4.69) is 49.2 Å². The molecule has 3 aromatic heterocycles. The number of piperazine rings is 1. The number of nitrogens with zero attached hydrogens (tertiary/aromatic N) is 6. The second-order valence-electron chi connectivity index (χ2n) is 7.13. The van der Waals surface area contributed by atoms with Crippen molar-refractivity contribution in [3.05, 3.63) is 60.7 Å². The van der Waals surface area contributed by atoms with Crippen LogP contribution in [0, 0.1) is 0 Å². The summed E-state index contributed by atoms with van der Waals surface area (Å²) < 4.78 is 7.43. The molecule has 0 aliphatic carbocycles. The summed E-state index contributed by atoms with van der Waals surface area (Å²) in [5, 5.41) is 5.37. The average Bonchev–Trinajstić information content (AvgIpc) is 3.37. The number of fused-ring (bicyclic) bond motifs is 1. The van der Waals surface area contributed by atoms with Gasteiger partial charge >= 0.3 is 0 Å². The normalized spacial score (nSPS) is 15.4. The van der Waals surface area contributed by atoms with E-state index in [0.29, 0.717) is 12.4 Å². The van der Waals surface area contributed by atoms with Gasteiger partial charge in [-0.05, 0) is 24.3 Å². The molecule has 0 bridgehead atoms. The quantitative estimate of drug-likeness (QED) is 0.547. The number of aromatic nitrogens is 4. The first-order valence-corrected chi connectivity index (χ1v) is 9.53. The van der Waals surface area contributed by atoms with Crippen LogP contribution < -0.4 is 4.90 Å². The summed E-state index contributed by atoms with van der Waals surface area (Å²) in [5.41, 5.74) is 3.24. The van der Waals surface area contributed by atoms with Crippen LogP contribution in [0.5, 0.6) is 0 Å². The van der Waals surface area contributed by atoms with E-state index in [9.17, 15) is 0 Å². The van der Waals surface area contributed by atoms with Gasteiger partial charge in [-0.25, -0.2) is 0 Å². The van der Waals surface area contributed by atoms with Crippen LogP contribution in [0.3, 0.4) is 0 Å². The van der Waals surface area contributed by atoms with E-state index in [0.717, 1.165) is 43.2 Å². The third-order valence-corrected chi connectivity index (χ3v) is 5.33. The fourth-order valence-corrected chi connectivity index (χ4v) is 3.81. The Labute approximate surface area is 163 Å². The maximum Gasteiger partial charge on any atom is 0.274 e. The molecule has 0 atom stereocenters. The Kier molecular flexibility index (Phi) is 4.29. The summed E-state index contributed by atoms with van der Waals surface area (Å²) in [6.07, 6.45) is 3.87. The van der Waals surface area contributed by atoms with Crippen molar-refractivity contribution in [2.75, 3.05) is 31.1 Å². The highest BCUT2D eigenvalue weighted by molar-refractivity contribution is 5.91. The molecule has 0 unspecified atom stereocenters. The highest BCUT2D eigenvalue weighted by Crippen LogP contribution is 2.26. The van der Waals surface area contributed by atoms with Crippen LogP contribution in [-0.2, 0) is 13.6 Å². The minimum atomic E-state index is 0.574. The minimum absolute atomic E-state index is 0.574. The second-order valence-corrected chi connectivity index (χ2v) is 7.13. The first kappa shape index (κ1) is 16.9. The van der Waals surface area contributed by atoms with Crippen molar-refractivity contribution in [2.24, 2.45) is 7.05 Å². The molecule has 0 saturated carbocycles. The molecule has 1 fully saturated rings. The molecule has 1 saturated heterocycles.